The SMILES string of the molecule is CNC(C)C1(C(=O)O)COC1. The molecule has 1 aliphatic rings. The highest BCUT2D eigenvalue weighted by Gasteiger charge is 2.50. The van der Waals surface area contributed by atoms with E-state index in [2.05, 4.69) is 5.32 Å². The van der Waals surface area contributed by atoms with Crippen LogP contribution in [0, 0.1) is 5.41 Å². The van der Waals surface area contributed by atoms with E-state index in [0.717, 1.165) is 0 Å². The Labute approximate surface area is 65.5 Å². The molecule has 0 bridgehead atoms. The summed E-state index contributed by atoms with van der Waals surface area (Å²) >= 11 is 0. The van der Waals surface area contributed by atoms with Crippen LogP contribution in [0.4, 0.5) is 0 Å². The van der Waals surface area contributed by atoms with Crippen molar-refractivity contribution in [2.45, 2.75) is 13.0 Å². The van der Waals surface area contributed by atoms with Crippen molar-refractivity contribution in [3.8, 4) is 0 Å². The van der Waals surface area contributed by atoms with Gasteiger partial charge in [-0.3, -0.25) is 4.79 Å². The lowest BCUT2D eigenvalue weighted by molar-refractivity contribution is -0.184. The minimum absolute atomic E-state index is 0.0336. The minimum atomic E-state index is -0.773. The smallest absolute Gasteiger partial charge is 0.315 e. The van der Waals surface area contributed by atoms with Crippen molar-refractivity contribution in [1.29, 1.82) is 0 Å². The average Bonchev–Trinajstić information content (AvgIpc) is 1.84. The number of carboxylic acids is 1. The Bertz CT molecular complexity index is 165. The molecule has 2 N–H and O–H groups in total. The lowest BCUT2D eigenvalue weighted by Gasteiger charge is -2.41. The van der Waals surface area contributed by atoms with Gasteiger partial charge in [-0.25, -0.2) is 0 Å². The fourth-order valence-corrected chi connectivity index (χ4v) is 1.16. The quantitative estimate of drug-likeness (QED) is 0.593. The Morgan fingerprint density at radius 1 is 1.73 bits per heavy atom. The van der Waals surface area contributed by atoms with E-state index in [1.165, 1.54) is 0 Å². The first-order valence-electron chi connectivity index (χ1n) is 3.62. The summed E-state index contributed by atoms with van der Waals surface area (Å²) in [5, 5.41) is 11.8. The molecular weight excluding hydrogens is 146 g/mol. The van der Waals surface area contributed by atoms with Crippen LogP contribution in [0.25, 0.3) is 0 Å². The van der Waals surface area contributed by atoms with Gasteiger partial charge in [-0.2, -0.15) is 0 Å². The number of hydrogen-bond acceptors (Lipinski definition) is 3. The molecule has 0 aromatic rings. The first-order valence-corrected chi connectivity index (χ1v) is 3.62. The molecule has 1 fully saturated rings. The third-order valence-electron chi connectivity index (χ3n) is 2.41. The maximum Gasteiger partial charge on any atom is 0.315 e. The third-order valence-corrected chi connectivity index (χ3v) is 2.41. The van der Waals surface area contributed by atoms with Crippen LogP contribution in [0.1, 0.15) is 6.92 Å². The van der Waals surface area contributed by atoms with Crippen molar-refractivity contribution < 1.29 is 14.6 Å². The van der Waals surface area contributed by atoms with Crippen LogP contribution >= 0.6 is 0 Å². The molecule has 1 aliphatic heterocycles. The number of rotatable bonds is 3. The predicted molar refractivity (Wildman–Crippen MR) is 39.4 cm³/mol. The van der Waals surface area contributed by atoms with Gasteiger partial charge in [0.05, 0.1) is 13.2 Å². The summed E-state index contributed by atoms with van der Waals surface area (Å²) in [5.41, 5.74) is -0.686. The normalized spacial score (nSPS) is 23.8. The van der Waals surface area contributed by atoms with Crippen molar-refractivity contribution in [3.05, 3.63) is 0 Å². The highest BCUT2D eigenvalue weighted by Crippen LogP contribution is 2.31. The number of nitrogens with one attached hydrogen (secondary N) is 1. The average molecular weight is 159 g/mol. The van der Waals surface area contributed by atoms with Crippen LogP contribution in [0.3, 0.4) is 0 Å². The molecule has 1 atom stereocenters. The molecule has 64 valence electrons. The predicted octanol–water partition coefficient (Wildman–Crippen LogP) is -0.305. The molecule has 1 heterocycles. The molecule has 4 heteroatoms. The largest absolute Gasteiger partial charge is 0.481 e. The first kappa shape index (κ1) is 8.49. The van der Waals surface area contributed by atoms with Gasteiger partial charge in [-0.15, -0.1) is 0 Å². The van der Waals surface area contributed by atoms with Crippen molar-refractivity contribution >= 4 is 5.97 Å². The molecule has 1 saturated heterocycles. The second kappa shape index (κ2) is 2.79. The number of ether oxygens (including phenoxy) is 1. The van der Waals surface area contributed by atoms with Crippen LogP contribution in [-0.2, 0) is 9.53 Å². The van der Waals surface area contributed by atoms with Crippen molar-refractivity contribution in [3.63, 3.8) is 0 Å². The van der Waals surface area contributed by atoms with Gasteiger partial charge < -0.3 is 15.2 Å². The zero-order chi connectivity index (χ0) is 8.48. The van der Waals surface area contributed by atoms with Crippen molar-refractivity contribution in [1.82, 2.24) is 5.32 Å². The molecular formula is C7H13NO3. The first-order chi connectivity index (χ1) is 5.13. The van der Waals surface area contributed by atoms with E-state index in [1.54, 1.807) is 7.05 Å². The highest BCUT2D eigenvalue weighted by molar-refractivity contribution is 5.77. The number of aliphatic carboxylic acids is 1. The van der Waals surface area contributed by atoms with Gasteiger partial charge in [0.25, 0.3) is 0 Å². The Kier molecular flexibility index (Phi) is 2.15. The zero-order valence-electron chi connectivity index (χ0n) is 6.76. The topological polar surface area (TPSA) is 58.6 Å². The second-order valence-corrected chi connectivity index (χ2v) is 2.96. The summed E-state index contributed by atoms with van der Waals surface area (Å²) in [5.74, 6) is -0.773. The molecule has 0 amide bonds. The van der Waals surface area contributed by atoms with Crippen LogP contribution in [0.5, 0.6) is 0 Å². The zero-order valence-corrected chi connectivity index (χ0v) is 6.76. The summed E-state index contributed by atoms with van der Waals surface area (Å²) < 4.78 is 4.90. The molecule has 0 aromatic heterocycles. The lowest BCUT2D eigenvalue weighted by Crippen LogP contribution is -2.59. The standard InChI is InChI=1S/C7H13NO3/c1-5(8-2)7(6(9)10)3-11-4-7/h5,8H,3-4H2,1-2H3,(H,9,10). The van der Waals surface area contributed by atoms with Gasteiger partial charge in [0.1, 0.15) is 5.41 Å². The van der Waals surface area contributed by atoms with Crippen LogP contribution in [0.2, 0.25) is 0 Å². The maximum absolute atomic E-state index is 10.8. The summed E-state index contributed by atoms with van der Waals surface area (Å²) in [4.78, 5) is 10.8. The molecule has 0 spiro atoms. The summed E-state index contributed by atoms with van der Waals surface area (Å²) in [7, 11) is 1.76. The van der Waals surface area contributed by atoms with Gasteiger partial charge in [-0.1, -0.05) is 0 Å². The van der Waals surface area contributed by atoms with Gasteiger partial charge in [-0.05, 0) is 14.0 Å². The van der Waals surface area contributed by atoms with E-state index < -0.39 is 11.4 Å². The molecule has 0 aliphatic carbocycles. The van der Waals surface area contributed by atoms with E-state index in [4.69, 9.17) is 9.84 Å². The van der Waals surface area contributed by atoms with Crippen LogP contribution in [0.15, 0.2) is 0 Å². The summed E-state index contributed by atoms with van der Waals surface area (Å²) in [6.07, 6.45) is 0. The van der Waals surface area contributed by atoms with E-state index >= 15 is 0 Å². The minimum Gasteiger partial charge on any atom is -0.481 e. The fourth-order valence-electron chi connectivity index (χ4n) is 1.16. The molecule has 4 nitrogen and oxygen atoms in total. The highest BCUT2D eigenvalue weighted by atomic mass is 16.5. The lowest BCUT2D eigenvalue weighted by atomic mass is 9.79. The molecule has 1 unspecified atom stereocenters. The molecule has 0 radical (unpaired) electrons. The molecule has 1 rings (SSSR count). The maximum atomic E-state index is 10.8. The second-order valence-electron chi connectivity index (χ2n) is 2.96. The summed E-state index contributed by atoms with van der Waals surface area (Å²) in [6, 6.07) is -0.0336. The Morgan fingerprint density at radius 2 is 2.27 bits per heavy atom. The van der Waals surface area contributed by atoms with Crippen molar-refractivity contribution in [2.75, 3.05) is 20.3 Å². The molecule has 0 saturated carbocycles. The van der Waals surface area contributed by atoms with Gasteiger partial charge in [0.15, 0.2) is 0 Å². The Morgan fingerprint density at radius 3 is 2.36 bits per heavy atom. The fraction of sp³-hybridized carbons (Fsp3) is 0.857. The van der Waals surface area contributed by atoms with Gasteiger partial charge in [0, 0.05) is 6.04 Å². The molecule has 11 heavy (non-hydrogen) atoms. The van der Waals surface area contributed by atoms with E-state index in [1.807, 2.05) is 6.92 Å². The van der Waals surface area contributed by atoms with Gasteiger partial charge >= 0.3 is 5.97 Å². The Balaban J connectivity index is 2.67. The van der Waals surface area contributed by atoms with Gasteiger partial charge in [0.2, 0.25) is 0 Å². The third kappa shape index (κ3) is 1.12. The Hall–Kier alpha value is -0.610. The monoisotopic (exact) mass is 159 g/mol. The number of carboxylic acid groups (broad SMARTS) is 1. The number of hydrogen-bond donors (Lipinski definition) is 2. The van der Waals surface area contributed by atoms with E-state index in [0.29, 0.717) is 13.2 Å². The van der Waals surface area contributed by atoms with Crippen LogP contribution < -0.4 is 5.32 Å². The van der Waals surface area contributed by atoms with Crippen LogP contribution in [-0.4, -0.2) is 37.4 Å². The molecule has 0 aromatic carbocycles. The van der Waals surface area contributed by atoms with E-state index in [-0.39, 0.29) is 6.04 Å². The number of carbonyl (C=O) groups is 1. The van der Waals surface area contributed by atoms with E-state index in [9.17, 15) is 4.79 Å². The summed E-state index contributed by atoms with van der Waals surface area (Å²) in [6.45, 7) is 2.51. The van der Waals surface area contributed by atoms with Crippen molar-refractivity contribution in [2.24, 2.45) is 5.41 Å².